The Morgan fingerprint density at radius 2 is 1.19 bits per heavy atom. The maximum Gasteiger partial charge on any atom is 0.251 e. The van der Waals surface area contributed by atoms with Gasteiger partial charge in [0.1, 0.15) is 0 Å². The zero-order chi connectivity index (χ0) is 18.9. The second-order valence-electron chi connectivity index (χ2n) is 7.59. The highest BCUT2D eigenvalue weighted by molar-refractivity contribution is 5.94. The molecule has 1 amide bonds. The molecule has 0 unspecified atom stereocenters. The molecule has 1 aromatic rings. The summed E-state index contributed by atoms with van der Waals surface area (Å²) in [5, 5.41) is 3.05. The van der Waals surface area contributed by atoms with E-state index in [0.717, 1.165) is 24.9 Å². The summed E-state index contributed by atoms with van der Waals surface area (Å²) < 4.78 is 0. The van der Waals surface area contributed by atoms with Gasteiger partial charge < -0.3 is 5.32 Å². The number of aryl methyl sites for hydroxylation is 1. The zero-order valence-electron chi connectivity index (χ0n) is 17.3. The first-order chi connectivity index (χ1) is 12.8. The fourth-order valence-corrected chi connectivity index (χ4v) is 3.30. The summed E-state index contributed by atoms with van der Waals surface area (Å²) in [7, 11) is 0. The van der Waals surface area contributed by atoms with E-state index in [1.165, 1.54) is 82.6 Å². The van der Waals surface area contributed by atoms with E-state index < -0.39 is 0 Å². The summed E-state index contributed by atoms with van der Waals surface area (Å²) in [6.07, 6.45) is 18.3. The van der Waals surface area contributed by atoms with Crippen LogP contribution in [0.5, 0.6) is 0 Å². The predicted octanol–water partition coefficient (Wildman–Crippen LogP) is 7.07. The third-order valence-corrected chi connectivity index (χ3v) is 5.10. The molecule has 0 aromatic heterocycles. The molecule has 0 fully saturated rings. The fourth-order valence-electron chi connectivity index (χ4n) is 3.30. The normalized spacial score (nSPS) is 10.8. The summed E-state index contributed by atoms with van der Waals surface area (Å²) >= 11 is 0. The van der Waals surface area contributed by atoms with Gasteiger partial charge in [0.05, 0.1) is 0 Å². The molecule has 0 aliphatic carbocycles. The van der Waals surface area contributed by atoms with E-state index >= 15 is 0 Å². The van der Waals surface area contributed by atoms with Gasteiger partial charge in [0.2, 0.25) is 0 Å². The van der Waals surface area contributed by atoms with Crippen molar-refractivity contribution in [2.75, 3.05) is 6.54 Å². The van der Waals surface area contributed by atoms with Crippen LogP contribution in [0, 0.1) is 0 Å². The van der Waals surface area contributed by atoms with Crippen LogP contribution in [0.25, 0.3) is 0 Å². The quantitative estimate of drug-likeness (QED) is 0.314. The van der Waals surface area contributed by atoms with Gasteiger partial charge in [0.25, 0.3) is 5.91 Å². The van der Waals surface area contributed by atoms with Crippen molar-refractivity contribution in [1.82, 2.24) is 5.32 Å². The van der Waals surface area contributed by atoms with Crippen LogP contribution in [0.15, 0.2) is 24.3 Å². The third-order valence-electron chi connectivity index (χ3n) is 5.10. The SMILES string of the molecule is CCCCCCCCCCCCCNC(=O)c1ccc(CCCC)cc1. The smallest absolute Gasteiger partial charge is 0.251 e. The molecule has 0 spiro atoms. The van der Waals surface area contributed by atoms with Crippen LogP contribution in [0.2, 0.25) is 0 Å². The molecule has 26 heavy (non-hydrogen) atoms. The van der Waals surface area contributed by atoms with Crippen LogP contribution in [0.4, 0.5) is 0 Å². The second kappa shape index (κ2) is 15.9. The minimum atomic E-state index is 0.0686. The van der Waals surface area contributed by atoms with E-state index in [9.17, 15) is 4.79 Å². The molecule has 1 N–H and O–H groups in total. The second-order valence-corrected chi connectivity index (χ2v) is 7.59. The Bertz CT molecular complexity index is 452. The van der Waals surface area contributed by atoms with Crippen LogP contribution in [0.3, 0.4) is 0 Å². The summed E-state index contributed by atoms with van der Waals surface area (Å²) in [6.45, 7) is 5.27. The number of unbranched alkanes of at least 4 members (excludes halogenated alkanes) is 11. The van der Waals surface area contributed by atoms with Crippen molar-refractivity contribution in [3.05, 3.63) is 35.4 Å². The molecular weight excluding hydrogens is 318 g/mol. The lowest BCUT2D eigenvalue weighted by Crippen LogP contribution is -2.24. The Morgan fingerprint density at radius 3 is 1.73 bits per heavy atom. The van der Waals surface area contributed by atoms with E-state index in [2.05, 4.69) is 31.3 Å². The molecule has 0 saturated heterocycles. The molecule has 1 aromatic carbocycles. The molecule has 0 bridgehead atoms. The van der Waals surface area contributed by atoms with Gasteiger partial charge in [-0.25, -0.2) is 0 Å². The Morgan fingerprint density at radius 1 is 0.692 bits per heavy atom. The fraction of sp³-hybridized carbons (Fsp3) is 0.708. The number of hydrogen-bond acceptors (Lipinski definition) is 1. The van der Waals surface area contributed by atoms with Gasteiger partial charge in [0, 0.05) is 12.1 Å². The lowest BCUT2D eigenvalue weighted by Gasteiger charge is -2.07. The van der Waals surface area contributed by atoms with E-state index in [0.29, 0.717) is 0 Å². The first-order valence-electron chi connectivity index (χ1n) is 11.1. The molecule has 0 saturated carbocycles. The first kappa shape index (κ1) is 22.7. The third kappa shape index (κ3) is 11.3. The maximum absolute atomic E-state index is 12.1. The Kier molecular flexibility index (Phi) is 13.9. The van der Waals surface area contributed by atoms with Crippen LogP contribution in [-0.4, -0.2) is 12.5 Å². The van der Waals surface area contributed by atoms with Gasteiger partial charge in [-0.3, -0.25) is 4.79 Å². The largest absolute Gasteiger partial charge is 0.352 e. The van der Waals surface area contributed by atoms with Gasteiger partial charge in [-0.15, -0.1) is 0 Å². The zero-order valence-corrected chi connectivity index (χ0v) is 17.3. The van der Waals surface area contributed by atoms with E-state index in [-0.39, 0.29) is 5.91 Å². The first-order valence-corrected chi connectivity index (χ1v) is 11.1. The van der Waals surface area contributed by atoms with Crippen LogP contribution in [-0.2, 0) is 6.42 Å². The van der Waals surface area contributed by atoms with Crippen LogP contribution in [0.1, 0.15) is 113 Å². The summed E-state index contributed by atoms with van der Waals surface area (Å²) in [5.74, 6) is 0.0686. The lowest BCUT2D eigenvalue weighted by molar-refractivity contribution is 0.0953. The molecular formula is C24H41NO. The van der Waals surface area contributed by atoms with Crippen molar-refractivity contribution >= 4 is 5.91 Å². The summed E-state index contributed by atoms with van der Waals surface area (Å²) in [4.78, 5) is 12.1. The number of amides is 1. The Labute approximate surface area is 162 Å². The average Bonchev–Trinajstić information content (AvgIpc) is 2.67. The molecule has 0 aliphatic heterocycles. The molecule has 148 valence electrons. The highest BCUT2D eigenvalue weighted by Crippen LogP contribution is 2.11. The van der Waals surface area contributed by atoms with E-state index in [4.69, 9.17) is 0 Å². The van der Waals surface area contributed by atoms with Gasteiger partial charge in [-0.2, -0.15) is 0 Å². The minimum absolute atomic E-state index is 0.0686. The Hall–Kier alpha value is -1.31. The molecule has 2 heteroatoms. The van der Waals surface area contributed by atoms with Gasteiger partial charge in [-0.05, 0) is 37.0 Å². The van der Waals surface area contributed by atoms with E-state index in [1.54, 1.807) is 0 Å². The Balaban J connectivity index is 1.98. The molecule has 1 rings (SSSR count). The number of carbonyl (C=O) groups is 1. The molecule has 0 heterocycles. The maximum atomic E-state index is 12.1. The number of benzene rings is 1. The minimum Gasteiger partial charge on any atom is -0.352 e. The molecule has 0 aliphatic rings. The standard InChI is InChI=1S/C24H41NO/c1-3-5-7-8-9-10-11-12-13-14-15-21-25-24(26)23-19-17-22(18-20-23)16-6-4-2/h17-20H,3-16,21H2,1-2H3,(H,25,26). The monoisotopic (exact) mass is 359 g/mol. The van der Waals surface area contributed by atoms with Crippen molar-refractivity contribution in [3.63, 3.8) is 0 Å². The topological polar surface area (TPSA) is 29.1 Å². The van der Waals surface area contributed by atoms with Gasteiger partial charge in [0.15, 0.2) is 0 Å². The van der Waals surface area contributed by atoms with Crippen molar-refractivity contribution in [3.8, 4) is 0 Å². The molecule has 0 atom stereocenters. The number of carbonyl (C=O) groups excluding carboxylic acids is 1. The van der Waals surface area contributed by atoms with Crippen molar-refractivity contribution < 1.29 is 4.79 Å². The summed E-state index contributed by atoms with van der Waals surface area (Å²) in [6, 6.07) is 8.10. The molecule has 0 radical (unpaired) electrons. The van der Waals surface area contributed by atoms with Crippen molar-refractivity contribution in [2.45, 2.75) is 104 Å². The van der Waals surface area contributed by atoms with Crippen LogP contribution < -0.4 is 5.32 Å². The number of nitrogens with one attached hydrogen (secondary N) is 1. The van der Waals surface area contributed by atoms with Gasteiger partial charge >= 0.3 is 0 Å². The number of rotatable bonds is 16. The highest BCUT2D eigenvalue weighted by Gasteiger charge is 2.04. The van der Waals surface area contributed by atoms with Gasteiger partial charge in [-0.1, -0.05) is 96.6 Å². The predicted molar refractivity (Wildman–Crippen MR) is 114 cm³/mol. The van der Waals surface area contributed by atoms with Crippen molar-refractivity contribution in [1.29, 1.82) is 0 Å². The number of hydrogen-bond donors (Lipinski definition) is 1. The van der Waals surface area contributed by atoms with Crippen molar-refractivity contribution in [2.24, 2.45) is 0 Å². The summed E-state index contributed by atoms with van der Waals surface area (Å²) in [5.41, 5.74) is 2.11. The van der Waals surface area contributed by atoms with Crippen LogP contribution >= 0.6 is 0 Å². The van der Waals surface area contributed by atoms with E-state index in [1.807, 2.05) is 12.1 Å². The lowest BCUT2D eigenvalue weighted by atomic mass is 10.1. The average molecular weight is 360 g/mol. The highest BCUT2D eigenvalue weighted by atomic mass is 16.1. The molecule has 2 nitrogen and oxygen atoms in total.